The maximum atomic E-state index is 12.4. The van der Waals surface area contributed by atoms with Gasteiger partial charge in [0, 0.05) is 25.7 Å². The van der Waals surface area contributed by atoms with Gasteiger partial charge in [-0.3, -0.25) is 0 Å². The van der Waals surface area contributed by atoms with Crippen molar-refractivity contribution < 1.29 is 13.2 Å². The van der Waals surface area contributed by atoms with Crippen LogP contribution in [0.2, 0.25) is 0 Å². The van der Waals surface area contributed by atoms with Gasteiger partial charge in [0.05, 0.1) is 6.10 Å². The van der Waals surface area contributed by atoms with Crippen molar-refractivity contribution in [1.82, 2.24) is 14.3 Å². The second-order valence-corrected chi connectivity index (χ2v) is 7.74. The van der Waals surface area contributed by atoms with E-state index in [-0.39, 0.29) is 12.1 Å². The Hall–Kier alpha value is -0.210. The smallest absolute Gasteiger partial charge is 0.279 e. The molecule has 0 radical (unpaired) electrons. The molecule has 0 bridgehead atoms. The molecule has 0 aromatic rings. The van der Waals surface area contributed by atoms with E-state index in [0.29, 0.717) is 25.6 Å². The van der Waals surface area contributed by atoms with Crippen LogP contribution in [-0.2, 0) is 14.9 Å². The van der Waals surface area contributed by atoms with Crippen LogP contribution >= 0.6 is 0 Å². The first-order valence-electron chi connectivity index (χ1n) is 8.14. The van der Waals surface area contributed by atoms with Gasteiger partial charge in [0.15, 0.2) is 0 Å². The van der Waals surface area contributed by atoms with Crippen LogP contribution in [0.4, 0.5) is 0 Å². The summed E-state index contributed by atoms with van der Waals surface area (Å²) < 4.78 is 34.8. The van der Waals surface area contributed by atoms with Crippen molar-refractivity contribution in [2.75, 3.05) is 32.8 Å². The molecule has 2 aliphatic rings. The van der Waals surface area contributed by atoms with E-state index >= 15 is 0 Å². The van der Waals surface area contributed by atoms with Gasteiger partial charge in [-0.15, -0.1) is 0 Å². The second-order valence-electron chi connectivity index (χ2n) is 6.04. The summed E-state index contributed by atoms with van der Waals surface area (Å²) in [7, 11) is -3.34. The molecular formula is C14H29N3O3S. The first kappa shape index (κ1) is 17.1. The van der Waals surface area contributed by atoms with E-state index in [1.165, 1.54) is 0 Å². The average Bonchev–Trinajstić information content (AvgIpc) is 2.43. The molecule has 2 N–H and O–H groups in total. The van der Waals surface area contributed by atoms with Gasteiger partial charge in [0.2, 0.25) is 0 Å². The number of hydrogen-bond acceptors (Lipinski definition) is 4. The number of rotatable bonds is 8. The Morgan fingerprint density at radius 3 is 2.71 bits per heavy atom. The van der Waals surface area contributed by atoms with Crippen molar-refractivity contribution in [1.29, 1.82) is 0 Å². The lowest BCUT2D eigenvalue weighted by atomic mass is 9.90. The summed E-state index contributed by atoms with van der Waals surface area (Å²) in [6, 6.07) is 0.0423. The van der Waals surface area contributed by atoms with Gasteiger partial charge in [-0.05, 0) is 51.6 Å². The minimum Gasteiger partial charge on any atom is -0.378 e. The molecule has 1 heterocycles. The zero-order valence-corrected chi connectivity index (χ0v) is 14.0. The van der Waals surface area contributed by atoms with Crippen LogP contribution in [0.25, 0.3) is 0 Å². The van der Waals surface area contributed by atoms with Crippen molar-refractivity contribution >= 4 is 10.2 Å². The fourth-order valence-electron chi connectivity index (χ4n) is 3.08. The monoisotopic (exact) mass is 319 g/mol. The van der Waals surface area contributed by atoms with E-state index in [1.54, 1.807) is 4.31 Å². The van der Waals surface area contributed by atoms with E-state index in [9.17, 15) is 8.42 Å². The molecule has 1 saturated carbocycles. The van der Waals surface area contributed by atoms with Crippen molar-refractivity contribution in [2.24, 2.45) is 5.92 Å². The molecule has 1 aliphatic heterocycles. The first-order valence-corrected chi connectivity index (χ1v) is 9.58. The van der Waals surface area contributed by atoms with Crippen LogP contribution in [0.3, 0.4) is 0 Å². The Bertz CT molecular complexity index is 410. The lowest BCUT2D eigenvalue weighted by molar-refractivity contribution is -0.00515. The largest absolute Gasteiger partial charge is 0.378 e. The van der Waals surface area contributed by atoms with Crippen molar-refractivity contribution in [3.63, 3.8) is 0 Å². The summed E-state index contributed by atoms with van der Waals surface area (Å²) in [5, 5.41) is 3.31. The lowest BCUT2D eigenvalue weighted by Gasteiger charge is -2.38. The quantitative estimate of drug-likeness (QED) is 0.691. The molecule has 0 amide bonds. The number of hydrogen-bond donors (Lipinski definition) is 2. The van der Waals surface area contributed by atoms with Crippen LogP contribution < -0.4 is 10.0 Å². The molecule has 0 aromatic heterocycles. The zero-order chi connectivity index (χ0) is 15.3. The number of nitrogens with zero attached hydrogens (tertiary/aromatic N) is 1. The molecule has 1 atom stereocenters. The van der Waals surface area contributed by atoms with Crippen molar-refractivity contribution in [2.45, 2.75) is 51.7 Å². The fourth-order valence-corrected chi connectivity index (χ4v) is 4.62. The maximum Gasteiger partial charge on any atom is 0.279 e. The number of nitrogens with one attached hydrogen (secondary N) is 2. The van der Waals surface area contributed by atoms with Gasteiger partial charge < -0.3 is 10.1 Å². The minimum absolute atomic E-state index is 0.0423. The summed E-state index contributed by atoms with van der Waals surface area (Å²) in [5.41, 5.74) is 0. The van der Waals surface area contributed by atoms with Crippen LogP contribution in [0.5, 0.6) is 0 Å². The molecule has 6 nitrogen and oxygen atoms in total. The van der Waals surface area contributed by atoms with Gasteiger partial charge in [0.25, 0.3) is 10.2 Å². The zero-order valence-electron chi connectivity index (χ0n) is 13.2. The minimum atomic E-state index is -3.34. The summed E-state index contributed by atoms with van der Waals surface area (Å²) >= 11 is 0. The molecular weight excluding hydrogens is 290 g/mol. The molecule has 1 unspecified atom stereocenters. The van der Waals surface area contributed by atoms with Gasteiger partial charge >= 0.3 is 0 Å². The first-order chi connectivity index (χ1) is 10.0. The lowest BCUT2D eigenvalue weighted by Crippen LogP contribution is -2.54. The Labute approximate surface area is 128 Å². The van der Waals surface area contributed by atoms with Crippen LogP contribution in [0.15, 0.2) is 0 Å². The summed E-state index contributed by atoms with van der Waals surface area (Å²) in [6.07, 6.45) is 3.87. The molecule has 1 aliphatic carbocycles. The number of piperidine rings is 1. The molecule has 2 rings (SSSR count). The number of ether oxygens (including phenoxy) is 1. The van der Waals surface area contributed by atoms with Crippen LogP contribution in [0.1, 0.15) is 39.5 Å². The van der Waals surface area contributed by atoms with E-state index in [1.807, 2.05) is 6.92 Å². The van der Waals surface area contributed by atoms with E-state index < -0.39 is 10.2 Å². The van der Waals surface area contributed by atoms with Crippen molar-refractivity contribution in [3.05, 3.63) is 0 Å². The summed E-state index contributed by atoms with van der Waals surface area (Å²) in [6.45, 7) is 7.84. The second kappa shape index (κ2) is 7.87. The highest BCUT2D eigenvalue weighted by molar-refractivity contribution is 7.87. The van der Waals surface area contributed by atoms with Gasteiger partial charge in [-0.25, -0.2) is 0 Å². The van der Waals surface area contributed by atoms with E-state index in [4.69, 9.17) is 4.74 Å². The molecule has 2 fully saturated rings. The molecule has 0 aromatic carbocycles. The predicted octanol–water partition coefficient (Wildman–Crippen LogP) is 0.710. The third-order valence-electron chi connectivity index (χ3n) is 4.32. The maximum absolute atomic E-state index is 12.4. The Morgan fingerprint density at radius 2 is 2.05 bits per heavy atom. The Kier molecular flexibility index (Phi) is 6.43. The van der Waals surface area contributed by atoms with Gasteiger partial charge in [-0.2, -0.15) is 17.4 Å². The van der Waals surface area contributed by atoms with Crippen molar-refractivity contribution in [3.8, 4) is 0 Å². The van der Waals surface area contributed by atoms with Gasteiger partial charge in [-0.1, -0.05) is 6.92 Å². The average molecular weight is 319 g/mol. The Balaban J connectivity index is 1.79. The van der Waals surface area contributed by atoms with E-state index in [2.05, 4.69) is 17.0 Å². The summed E-state index contributed by atoms with van der Waals surface area (Å²) in [5.74, 6) is 0.424. The third-order valence-corrected chi connectivity index (χ3v) is 5.96. The summed E-state index contributed by atoms with van der Waals surface area (Å²) in [4.78, 5) is 0. The van der Waals surface area contributed by atoms with Gasteiger partial charge in [0.1, 0.15) is 0 Å². The molecule has 124 valence electrons. The molecule has 0 spiro atoms. The molecule has 1 saturated heterocycles. The fraction of sp³-hybridized carbons (Fsp3) is 1.00. The molecule has 21 heavy (non-hydrogen) atoms. The predicted molar refractivity (Wildman–Crippen MR) is 83.3 cm³/mol. The van der Waals surface area contributed by atoms with E-state index in [0.717, 1.165) is 38.8 Å². The highest BCUT2D eigenvalue weighted by atomic mass is 32.2. The highest BCUT2D eigenvalue weighted by Gasteiger charge is 2.36. The van der Waals surface area contributed by atoms with Crippen LogP contribution in [0, 0.1) is 5.92 Å². The normalized spacial score (nSPS) is 31.0. The topological polar surface area (TPSA) is 70.7 Å². The SMILES string of the molecule is CCNCC1CCCN(S(=O)(=O)NC2CC(OCC)C2)C1. The van der Waals surface area contributed by atoms with Crippen LogP contribution in [-0.4, -0.2) is 57.7 Å². The standard InChI is InChI=1S/C14H29N3O3S/c1-3-15-10-12-6-5-7-17(11-12)21(18,19)16-13-8-14(9-13)20-4-2/h12-16H,3-11H2,1-2H3. The molecule has 7 heteroatoms. The third kappa shape index (κ3) is 4.89. The highest BCUT2D eigenvalue weighted by Crippen LogP contribution is 2.25. The Morgan fingerprint density at radius 1 is 1.29 bits per heavy atom.